The first-order valence-electron chi connectivity index (χ1n) is 13.2. The van der Waals surface area contributed by atoms with Crippen LogP contribution in [-0.2, 0) is 21.6 Å². The Bertz CT molecular complexity index is 1270. The molecule has 0 aliphatic carbocycles. The van der Waals surface area contributed by atoms with E-state index >= 15 is 0 Å². The lowest BCUT2D eigenvalue weighted by Crippen LogP contribution is -2.52. The van der Waals surface area contributed by atoms with Crippen LogP contribution in [0.4, 0.5) is 0 Å². The topological polar surface area (TPSA) is 54.7 Å². The summed E-state index contributed by atoms with van der Waals surface area (Å²) < 4.78 is 6.90. The van der Waals surface area contributed by atoms with Gasteiger partial charge in [-0.2, -0.15) is 0 Å². The van der Waals surface area contributed by atoms with Crippen molar-refractivity contribution in [3.63, 3.8) is 0 Å². The van der Waals surface area contributed by atoms with Crippen LogP contribution in [0.5, 0.6) is 0 Å². The number of nitrogens with zero attached hydrogens (tertiary/aromatic N) is 2. The number of carbonyl (C=O) groups excluding carboxylic acids is 1. The quantitative estimate of drug-likeness (QED) is 0.254. The van der Waals surface area contributed by atoms with Gasteiger partial charge in [0.1, 0.15) is 6.54 Å². The molecule has 1 aliphatic heterocycles. The highest BCUT2D eigenvalue weighted by Crippen LogP contribution is 2.44. The van der Waals surface area contributed by atoms with Crippen LogP contribution in [0.25, 0.3) is 6.08 Å². The third-order valence-electron chi connectivity index (χ3n) is 7.27. The van der Waals surface area contributed by atoms with Crippen molar-refractivity contribution >= 4 is 12.0 Å². The number of ether oxygens (including phenoxy) is 1. The monoisotopic (exact) mass is 506 g/mol. The molecule has 1 fully saturated rings. The second kappa shape index (κ2) is 11.6. The molecule has 1 unspecified atom stereocenters. The molecule has 0 spiro atoms. The first kappa shape index (κ1) is 25.7. The Hall–Kier alpha value is -3.93. The molecule has 1 N–H and O–H groups in total. The SMILES string of the molecule is CCOC(=O)Cn1ccc(/C=C2\CN(C(c3ccccc3)(c3ccccc3)c3ccccc3)CCC2O)c1. The normalized spacial score (nSPS) is 17.4. The van der Waals surface area contributed by atoms with Gasteiger partial charge in [-0.1, -0.05) is 97.1 Å². The highest BCUT2D eigenvalue weighted by molar-refractivity contribution is 5.69. The van der Waals surface area contributed by atoms with Crippen molar-refractivity contribution < 1.29 is 14.6 Å². The molecule has 38 heavy (non-hydrogen) atoms. The van der Waals surface area contributed by atoms with Crippen LogP contribution in [0.2, 0.25) is 0 Å². The predicted molar refractivity (Wildman–Crippen MR) is 150 cm³/mol. The van der Waals surface area contributed by atoms with Crippen LogP contribution in [0.3, 0.4) is 0 Å². The van der Waals surface area contributed by atoms with Gasteiger partial charge in [0.15, 0.2) is 0 Å². The van der Waals surface area contributed by atoms with Gasteiger partial charge in [-0.15, -0.1) is 0 Å². The Labute approximate surface area is 224 Å². The molecule has 3 aromatic carbocycles. The summed E-state index contributed by atoms with van der Waals surface area (Å²) in [7, 11) is 0. The highest BCUT2D eigenvalue weighted by Gasteiger charge is 2.44. The molecular weight excluding hydrogens is 472 g/mol. The zero-order valence-corrected chi connectivity index (χ0v) is 21.7. The molecule has 5 nitrogen and oxygen atoms in total. The van der Waals surface area contributed by atoms with Gasteiger partial charge in [-0.3, -0.25) is 9.69 Å². The van der Waals surface area contributed by atoms with E-state index in [0.29, 0.717) is 19.6 Å². The van der Waals surface area contributed by atoms with Crippen LogP contribution < -0.4 is 0 Å². The van der Waals surface area contributed by atoms with E-state index in [2.05, 4.69) is 102 Å². The van der Waals surface area contributed by atoms with Gasteiger partial charge in [0.05, 0.1) is 18.2 Å². The zero-order valence-electron chi connectivity index (χ0n) is 21.7. The van der Waals surface area contributed by atoms with Crippen molar-refractivity contribution in [3.8, 4) is 0 Å². The molecule has 0 amide bonds. The fourth-order valence-electron chi connectivity index (χ4n) is 5.60. The standard InChI is InChI=1S/C33H34N2O3/c1-2-38-32(37)25-34-20-18-26(23-34)22-27-24-35(21-19-31(27)36)33(28-12-6-3-7-13-28,29-14-8-4-9-15-29)30-16-10-5-11-17-30/h3-18,20,22-23,31,36H,2,19,21,24-25H2,1H3/b27-22+. The molecule has 0 bridgehead atoms. The summed E-state index contributed by atoms with van der Waals surface area (Å²) in [6, 6.07) is 33.9. The molecule has 1 aromatic heterocycles. The minimum atomic E-state index is -0.529. The van der Waals surface area contributed by atoms with E-state index < -0.39 is 11.6 Å². The van der Waals surface area contributed by atoms with Crippen molar-refractivity contribution in [2.45, 2.75) is 31.5 Å². The summed E-state index contributed by atoms with van der Waals surface area (Å²) in [6.07, 6.45) is 5.96. The summed E-state index contributed by atoms with van der Waals surface area (Å²) in [5.41, 5.74) is 4.95. The molecule has 1 atom stereocenters. The maximum absolute atomic E-state index is 11.9. The Morgan fingerprint density at radius 2 is 1.47 bits per heavy atom. The first-order chi connectivity index (χ1) is 18.6. The number of esters is 1. The number of likely N-dealkylation sites (tertiary alicyclic amines) is 1. The van der Waals surface area contributed by atoms with Gasteiger partial charge < -0.3 is 14.4 Å². The van der Waals surface area contributed by atoms with Crippen LogP contribution in [-0.4, -0.2) is 46.3 Å². The number of aliphatic hydroxyl groups excluding tert-OH is 1. The number of piperidine rings is 1. The second-order valence-corrected chi connectivity index (χ2v) is 9.68. The van der Waals surface area contributed by atoms with E-state index in [1.54, 1.807) is 6.92 Å². The van der Waals surface area contributed by atoms with Gasteiger partial charge in [-0.05, 0) is 47.2 Å². The van der Waals surface area contributed by atoms with Gasteiger partial charge in [-0.25, -0.2) is 0 Å². The number of rotatable bonds is 8. The third kappa shape index (κ3) is 5.21. The van der Waals surface area contributed by atoms with E-state index in [-0.39, 0.29) is 12.5 Å². The molecule has 1 aliphatic rings. The number of carbonyl (C=O) groups is 1. The minimum Gasteiger partial charge on any atom is -0.465 e. The van der Waals surface area contributed by atoms with E-state index in [0.717, 1.165) is 17.7 Å². The Morgan fingerprint density at radius 1 is 0.921 bits per heavy atom. The number of aliphatic hydroxyl groups is 1. The smallest absolute Gasteiger partial charge is 0.325 e. The lowest BCUT2D eigenvalue weighted by molar-refractivity contribution is -0.143. The summed E-state index contributed by atoms with van der Waals surface area (Å²) in [4.78, 5) is 14.4. The van der Waals surface area contributed by atoms with Crippen molar-refractivity contribution in [2.24, 2.45) is 0 Å². The van der Waals surface area contributed by atoms with Crippen molar-refractivity contribution in [3.05, 3.63) is 137 Å². The molecule has 194 valence electrons. The maximum Gasteiger partial charge on any atom is 0.325 e. The fourth-order valence-corrected chi connectivity index (χ4v) is 5.60. The third-order valence-corrected chi connectivity index (χ3v) is 7.27. The van der Waals surface area contributed by atoms with Crippen LogP contribution in [0.1, 0.15) is 35.6 Å². The zero-order chi connectivity index (χ0) is 26.4. The highest BCUT2D eigenvalue weighted by atomic mass is 16.5. The lowest BCUT2D eigenvalue weighted by atomic mass is 9.74. The Balaban J connectivity index is 1.57. The summed E-state index contributed by atoms with van der Waals surface area (Å²) in [5, 5.41) is 11.1. The first-order valence-corrected chi connectivity index (χ1v) is 13.2. The van der Waals surface area contributed by atoms with Gasteiger partial charge in [0.25, 0.3) is 0 Å². The second-order valence-electron chi connectivity index (χ2n) is 9.68. The minimum absolute atomic E-state index is 0.171. The van der Waals surface area contributed by atoms with Crippen LogP contribution >= 0.6 is 0 Å². The molecule has 0 saturated carbocycles. The Morgan fingerprint density at radius 3 is 2.00 bits per heavy atom. The molecule has 0 radical (unpaired) electrons. The Kier molecular flexibility index (Phi) is 7.87. The summed E-state index contributed by atoms with van der Waals surface area (Å²) in [5.74, 6) is -0.260. The largest absolute Gasteiger partial charge is 0.465 e. The number of aromatic nitrogens is 1. The summed E-state index contributed by atoms with van der Waals surface area (Å²) >= 11 is 0. The van der Waals surface area contributed by atoms with Crippen LogP contribution in [0, 0.1) is 0 Å². The average molecular weight is 507 g/mol. The lowest BCUT2D eigenvalue weighted by Gasteiger charge is -2.48. The number of benzene rings is 3. The molecular formula is C33H34N2O3. The molecule has 4 aromatic rings. The fraction of sp³-hybridized carbons (Fsp3) is 0.242. The van der Waals surface area contributed by atoms with Gasteiger partial charge >= 0.3 is 5.97 Å². The van der Waals surface area contributed by atoms with Crippen molar-refractivity contribution in [1.82, 2.24) is 9.47 Å². The van der Waals surface area contributed by atoms with E-state index in [1.807, 2.05) is 23.0 Å². The van der Waals surface area contributed by atoms with E-state index in [1.165, 1.54) is 16.7 Å². The molecule has 1 saturated heterocycles. The molecule has 5 heteroatoms. The maximum atomic E-state index is 11.9. The number of hydrogen-bond donors (Lipinski definition) is 1. The number of hydrogen-bond acceptors (Lipinski definition) is 4. The van der Waals surface area contributed by atoms with Crippen molar-refractivity contribution in [2.75, 3.05) is 19.7 Å². The predicted octanol–water partition coefficient (Wildman–Crippen LogP) is 5.49. The summed E-state index contributed by atoms with van der Waals surface area (Å²) in [6.45, 7) is 3.68. The molecule has 2 heterocycles. The van der Waals surface area contributed by atoms with Crippen LogP contribution in [0.15, 0.2) is 115 Å². The van der Waals surface area contributed by atoms with E-state index in [4.69, 9.17) is 4.74 Å². The molecule has 5 rings (SSSR count). The van der Waals surface area contributed by atoms with E-state index in [9.17, 15) is 9.90 Å². The van der Waals surface area contributed by atoms with Gasteiger partial charge in [0, 0.05) is 25.5 Å². The van der Waals surface area contributed by atoms with Gasteiger partial charge in [0.2, 0.25) is 0 Å². The van der Waals surface area contributed by atoms with Crippen molar-refractivity contribution in [1.29, 1.82) is 0 Å². The average Bonchev–Trinajstić information content (AvgIpc) is 3.39.